The first-order valence-electron chi connectivity index (χ1n) is 10.3. The molecule has 0 N–H and O–H groups in total. The predicted molar refractivity (Wildman–Crippen MR) is 120 cm³/mol. The second-order valence-corrected chi connectivity index (χ2v) is 9.99. The average molecular weight is 403 g/mol. The number of nitrogens with zero attached hydrogens (tertiary/aromatic N) is 1. The van der Waals surface area contributed by atoms with Crippen LogP contribution in [0, 0.1) is 6.42 Å². The van der Waals surface area contributed by atoms with E-state index in [0.717, 1.165) is 29.0 Å². The number of rotatable bonds is 6. The molecule has 29 heavy (non-hydrogen) atoms. The minimum Gasteiger partial charge on any atom is -0.496 e. The second kappa shape index (κ2) is 8.91. The van der Waals surface area contributed by atoms with E-state index in [9.17, 15) is 0 Å². The summed E-state index contributed by atoms with van der Waals surface area (Å²) in [5.41, 5.74) is 3.25. The van der Waals surface area contributed by atoms with Gasteiger partial charge in [0.15, 0.2) is 0 Å². The third kappa shape index (κ3) is 5.63. The maximum atomic E-state index is 15.1. The minimum atomic E-state index is -0.257. The monoisotopic (exact) mass is 402 g/mol. The average Bonchev–Trinajstić information content (AvgIpc) is 2.59. The van der Waals surface area contributed by atoms with Gasteiger partial charge in [0.25, 0.3) is 0 Å². The van der Waals surface area contributed by atoms with Gasteiger partial charge < -0.3 is 14.4 Å². The van der Waals surface area contributed by atoms with Gasteiger partial charge in [0.1, 0.15) is 23.9 Å². The summed E-state index contributed by atoms with van der Waals surface area (Å²) in [6.45, 7) is 14.3. The molecule has 0 bridgehead atoms. The van der Waals surface area contributed by atoms with Crippen molar-refractivity contribution in [1.82, 2.24) is 4.90 Å². The molecule has 1 aromatic carbocycles. The van der Waals surface area contributed by atoms with Gasteiger partial charge in [0.2, 0.25) is 0 Å². The van der Waals surface area contributed by atoms with E-state index < -0.39 is 0 Å². The summed E-state index contributed by atoms with van der Waals surface area (Å²) in [5.74, 6) is 1.05. The topological polar surface area (TPSA) is 21.7 Å². The number of benzene rings is 1. The summed E-state index contributed by atoms with van der Waals surface area (Å²) < 4.78 is 27.0. The van der Waals surface area contributed by atoms with Crippen LogP contribution in [0.3, 0.4) is 0 Å². The number of methoxy groups -OCH3 is 1. The molecule has 1 aliphatic carbocycles. The van der Waals surface area contributed by atoms with Crippen molar-refractivity contribution in [2.75, 3.05) is 34.4 Å². The quantitative estimate of drug-likeness (QED) is 0.579. The molecule has 0 saturated carbocycles. The molecule has 0 heterocycles. The van der Waals surface area contributed by atoms with Gasteiger partial charge in [-0.25, -0.2) is 4.39 Å². The second-order valence-electron chi connectivity index (χ2n) is 9.99. The predicted octanol–water partition coefficient (Wildman–Crippen LogP) is 6.04. The molecule has 0 spiro atoms. The van der Waals surface area contributed by atoms with E-state index in [0.29, 0.717) is 24.4 Å². The zero-order valence-corrected chi connectivity index (χ0v) is 19.6. The van der Waals surface area contributed by atoms with Crippen LogP contribution in [-0.4, -0.2) is 39.3 Å². The number of hydrogen-bond donors (Lipinski definition) is 0. The fraction of sp³-hybridized carbons (Fsp3) is 0.560. The van der Waals surface area contributed by atoms with Crippen molar-refractivity contribution in [3.63, 3.8) is 0 Å². The number of halogens is 1. The molecule has 4 heteroatoms. The zero-order chi connectivity index (χ0) is 22.0. The molecule has 3 nitrogen and oxygen atoms in total. The van der Waals surface area contributed by atoms with Gasteiger partial charge in [-0.3, -0.25) is 0 Å². The summed E-state index contributed by atoms with van der Waals surface area (Å²) in [5, 5.41) is 0. The van der Waals surface area contributed by atoms with Gasteiger partial charge in [0.05, 0.1) is 12.7 Å². The summed E-state index contributed by atoms with van der Waals surface area (Å²) in [6.07, 6.45) is 4.05. The van der Waals surface area contributed by atoms with Gasteiger partial charge in [-0.15, -0.1) is 0 Å². The molecule has 0 unspecified atom stereocenters. The summed E-state index contributed by atoms with van der Waals surface area (Å²) in [6, 6.07) is 4.29. The Morgan fingerprint density at radius 1 is 1.03 bits per heavy atom. The highest BCUT2D eigenvalue weighted by atomic mass is 19.1. The minimum absolute atomic E-state index is 0.0801. The van der Waals surface area contributed by atoms with Crippen molar-refractivity contribution < 1.29 is 13.9 Å². The maximum Gasteiger partial charge on any atom is 0.131 e. The lowest BCUT2D eigenvalue weighted by Gasteiger charge is -2.31. The Kier molecular flexibility index (Phi) is 7.21. The molecule has 0 aliphatic heterocycles. The van der Waals surface area contributed by atoms with Crippen LogP contribution in [0.25, 0.3) is 5.57 Å². The first-order chi connectivity index (χ1) is 13.4. The number of hydrogen-bond acceptors (Lipinski definition) is 3. The van der Waals surface area contributed by atoms with Crippen LogP contribution < -0.4 is 4.74 Å². The van der Waals surface area contributed by atoms with Crippen LogP contribution in [-0.2, 0) is 15.6 Å². The SMILES string of the molecule is COC1=CC[CH]C(F)=C1c1cc(C(C)(C)C)cc(C(C)(C)C)c1OCCN(C)C. The molecular formula is C25H37FNO2. The molecule has 2 rings (SSSR count). The van der Waals surface area contributed by atoms with E-state index in [1.54, 1.807) is 13.5 Å². The smallest absolute Gasteiger partial charge is 0.131 e. The van der Waals surface area contributed by atoms with Gasteiger partial charge in [-0.1, -0.05) is 47.6 Å². The van der Waals surface area contributed by atoms with Gasteiger partial charge in [0, 0.05) is 24.1 Å². The van der Waals surface area contributed by atoms with Crippen LogP contribution in [0.5, 0.6) is 5.75 Å². The fourth-order valence-corrected chi connectivity index (χ4v) is 3.33. The Labute approximate surface area is 176 Å². The largest absolute Gasteiger partial charge is 0.496 e. The maximum absolute atomic E-state index is 15.1. The zero-order valence-electron chi connectivity index (χ0n) is 19.6. The Morgan fingerprint density at radius 2 is 1.69 bits per heavy atom. The van der Waals surface area contributed by atoms with Crippen molar-refractivity contribution in [3.8, 4) is 5.75 Å². The van der Waals surface area contributed by atoms with Crippen molar-refractivity contribution in [2.24, 2.45) is 0 Å². The first-order valence-corrected chi connectivity index (χ1v) is 10.3. The lowest BCUT2D eigenvalue weighted by atomic mass is 9.77. The summed E-state index contributed by atoms with van der Waals surface area (Å²) in [7, 11) is 5.62. The van der Waals surface area contributed by atoms with Crippen molar-refractivity contribution in [1.29, 1.82) is 0 Å². The Bertz CT molecular complexity index is 792. The van der Waals surface area contributed by atoms with Crippen LogP contribution in [0.2, 0.25) is 0 Å². The molecule has 0 atom stereocenters. The number of ether oxygens (including phenoxy) is 2. The van der Waals surface area contributed by atoms with Gasteiger partial charge in [-0.05, 0) is 49.1 Å². The lowest BCUT2D eigenvalue weighted by molar-refractivity contribution is 0.255. The third-order valence-electron chi connectivity index (χ3n) is 5.12. The molecular weight excluding hydrogens is 365 g/mol. The van der Waals surface area contributed by atoms with E-state index in [2.05, 4.69) is 58.6 Å². The van der Waals surface area contributed by atoms with Crippen molar-refractivity contribution >= 4 is 5.57 Å². The van der Waals surface area contributed by atoms with E-state index >= 15 is 4.39 Å². The van der Waals surface area contributed by atoms with Gasteiger partial charge in [-0.2, -0.15) is 0 Å². The van der Waals surface area contributed by atoms with Crippen molar-refractivity contribution in [3.05, 3.63) is 52.9 Å². The van der Waals surface area contributed by atoms with E-state index in [1.165, 1.54) is 0 Å². The first kappa shape index (κ1) is 23.5. The fourth-order valence-electron chi connectivity index (χ4n) is 3.33. The molecule has 0 amide bonds. The van der Waals surface area contributed by atoms with Crippen LogP contribution in [0.1, 0.15) is 64.7 Å². The highest BCUT2D eigenvalue weighted by Crippen LogP contribution is 2.45. The Balaban J connectivity index is 2.78. The van der Waals surface area contributed by atoms with Crippen LogP contribution >= 0.6 is 0 Å². The lowest BCUT2D eigenvalue weighted by Crippen LogP contribution is -2.23. The highest BCUT2D eigenvalue weighted by Gasteiger charge is 2.30. The molecule has 0 fully saturated rings. The number of allylic oxidation sites excluding steroid dienone is 3. The van der Waals surface area contributed by atoms with Crippen LogP contribution in [0.15, 0.2) is 29.8 Å². The Morgan fingerprint density at radius 3 is 2.21 bits per heavy atom. The van der Waals surface area contributed by atoms with E-state index in [-0.39, 0.29) is 16.7 Å². The molecule has 1 radical (unpaired) electrons. The molecule has 0 saturated heterocycles. The van der Waals surface area contributed by atoms with E-state index in [4.69, 9.17) is 9.47 Å². The number of likely N-dealkylation sites (N-methyl/N-ethyl adjacent to an activating group) is 1. The molecule has 1 aliphatic rings. The van der Waals surface area contributed by atoms with Crippen molar-refractivity contribution in [2.45, 2.75) is 58.8 Å². The van der Waals surface area contributed by atoms with E-state index in [1.807, 2.05) is 20.2 Å². The molecule has 1 aromatic rings. The molecule has 161 valence electrons. The Hall–Kier alpha value is -1.81. The summed E-state index contributed by atoms with van der Waals surface area (Å²) >= 11 is 0. The highest BCUT2D eigenvalue weighted by molar-refractivity contribution is 5.85. The van der Waals surface area contributed by atoms with Gasteiger partial charge >= 0.3 is 0 Å². The normalized spacial score (nSPS) is 15.6. The van der Waals surface area contributed by atoms with Crippen LogP contribution in [0.4, 0.5) is 4.39 Å². The molecule has 0 aromatic heterocycles. The standard InChI is InChI=1S/C25H37FNO2/c1-24(2,3)17-15-18(22-20(26)11-10-12-21(22)28-9)23(29-14-13-27(7)8)19(16-17)25(4,5)6/h11-12,15-16H,10,13-14H2,1-9H3. The third-order valence-corrected chi connectivity index (χ3v) is 5.12. The summed E-state index contributed by atoms with van der Waals surface area (Å²) in [4.78, 5) is 2.08.